The molecule has 1 N–H and O–H groups in total. The number of carbonyl (C=O) groups is 2. The molecule has 0 unspecified atom stereocenters. The number of rotatable bonds is 6. The first-order valence-corrected chi connectivity index (χ1v) is 6.99. The number of hydrogen-bond donors (Lipinski definition) is 1. The Bertz CT molecular complexity index is 572. The average molecular weight is 307 g/mol. The molecule has 2 amide bonds. The van der Waals surface area contributed by atoms with Crippen molar-refractivity contribution in [2.45, 2.75) is 19.4 Å². The molecule has 118 valence electrons. The van der Waals surface area contributed by atoms with Gasteiger partial charge in [0.2, 0.25) is 5.91 Å². The Hall–Kier alpha value is -2.28. The van der Waals surface area contributed by atoms with Crippen molar-refractivity contribution >= 4 is 17.5 Å². The van der Waals surface area contributed by atoms with E-state index >= 15 is 0 Å². The lowest BCUT2D eigenvalue weighted by Gasteiger charge is -2.23. The molecule has 1 aliphatic rings. The first-order valence-electron chi connectivity index (χ1n) is 6.99. The molecular weight excluding hydrogens is 289 g/mol. The number of carbonyl (C=O) groups excluding carboxylic acids is 2. The van der Waals surface area contributed by atoms with Crippen molar-refractivity contribution in [3.8, 4) is 0 Å². The molecule has 1 aromatic carbocycles. The van der Waals surface area contributed by atoms with Gasteiger partial charge in [-0.15, -0.1) is 0 Å². The molecule has 0 spiro atoms. The van der Waals surface area contributed by atoms with Gasteiger partial charge in [-0.2, -0.15) is 5.10 Å². The number of nitrogens with one attached hydrogen (secondary N) is 1. The summed E-state index contributed by atoms with van der Waals surface area (Å²) in [5.41, 5.74) is 1.07. The molecule has 0 aliphatic carbocycles. The van der Waals surface area contributed by atoms with Gasteiger partial charge in [0.1, 0.15) is 11.5 Å². The highest BCUT2D eigenvalue weighted by Gasteiger charge is 2.24. The van der Waals surface area contributed by atoms with Gasteiger partial charge in [0.15, 0.2) is 0 Å². The summed E-state index contributed by atoms with van der Waals surface area (Å²) >= 11 is 0. The molecular formula is C15H18FN3O3. The van der Waals surface area contributed by atoms with Crippen LogP contribution in [0, 0.1) is 5.82 Å². The van der Waals surface area contributed by atoms with Gasteiger partial charge in [-0.25, -0.2) is 9.40 Å². The lowest BCUT2D eigenvalue weighted by Crippen LogP contribution is -2.39. The first kappa shape index (κ1) is 16.1. The summed E-state index contributed by atoms with van der Waals surface area (Å²) in [7, 11) is 1.55. The minimum absolute atomic E-state index is 0.155. The van der Waals surface area contributed by atoms with Crippen LogP contribution in [0.2, 0.25) is 0 Å². The topological polar surface area (TPSA) is 71.0 Å². The monoisotopic (exact) mass is 307 g/mol. The van der Waals surface area contributed by atoms with Crippen molar-refractivity contribution in [1.82, 2.24) is 10.3 Å². The number of methoxy groups -OCH3 is 1. The number of halogens is 1. The van der Waals surface area contributed by atoms with Crippen LogP contribution in [0.5, 0.6) is 0 Å². The summed E-state index contributed by atoms with van der Waals surface area (Å²) < 4.78 is 17.7. The van der Waals surface area contributed by atoms with E-state index in [0.717, 1.165) is 5.56 Å². The van der Waals surface area contributed by atoms with Crippen LogP contribution in [0.4, 0.5) is 4.39 Å². The third kappa shape index (κ3) is 4.36. The lowest BCUT2D eigenvalue weighted by molar-refractivity contribution is -0.132. The minimum Gasteiger partial charge on any atom is -0.383 e. The normalized spacial score (nSPS) is 14.7. The highest BCUT2D eigenvalue weighted by Crippen LogP contribution is 2.14. The highest BCUT2D eigenvalue weighted by atomic mass is 19.1. The number of nitrogens with zero attached hydrogens (tertiary/aromatic N) is 2. The van der Waals surface area contributed by atoms with Crippen molar-refractivity contribution in [1.29, 1.82) is 0 Å². The zero-order valence-corrected chi connectivity index (χ0v) is 12.3. The smallest absolute Gasteiger partial charge is 0.267 e. The minimum atomic E-state index is -0.338. The molecule has 7 heteroatoms. The van der Waals surface area contributed by atoms with Gasteiger partial charge in [-0.1, -0.05) is 12.1 Å². The fourth-order valence-electron chi connectivity index (χ4n) is 2.02. The Labute approximate surface area is 127 Å². The SMILES string of the molecule is COCCNC(=O)C1=NN(Cc2ccc(F)cc2)C(=O)CC1. The van der Waals surface area contributed by atoms with Gasteiger partial charge in [-0.3, -0.25) is 9.59 Å². The van der Waals surface area contributed by atoms with Crippen molar-refractivity contribution < 1.29 is 18.7 Å². The Morgan fingerprint density at radius 2 is 2.09 bits per heavy atom. The summed E-state index contributed by atoms with van der Waals surface area (Å²) in [5.74, 6) is -0.790. The van der Waals surface area contributed by atoms with Crippen LogP contribution in [-0.2, 0) is 20.9 Å². The second-order valence-corrected chi connectivity index (χ2v) is 4.87. The van der Waals surface area contributed by atoms with Gasteiger partial charge in [0, 0.05) is 26.5 Å². The second kappa shape index (κ2) is 7.65. The molecule has 0 aromatic heterocycles. The van der Waals surface area contributed by atoms with Gasteiger partial charge in [0.05, 0.1) is 13.2 Å². The molecule has 0 fully saturated rings. The zero-order chi connectivity index (χ0) is 15.9. The lowest BCUT2D eigenvalue weighted by atomic mass is 10.1. The van der Waals surface area contributed by atoms with Crippen LogP contribution in [-0.4, -0.2) is 42.8 Å². The largest absolute Gasteiger partial charge is 0.383 e. The molecule has 1 aromatic rings. The highest BCUT2D eigenvalue weighted by molar-refractivity contribution is 6.39. The maximum Gasteiger partial charge on any atom is 0.267 e. The third-order valence-electron chi connectivity index (χ3n) is 3.20. The van der Waals surface area contributed by atoms with Crippen molar-refractivity contribution in [2.75, 3.05) is 20.3 Å². The van der Waals surface area contributed by atoms with Crippen LogP contribution in [0.1, 0.15) is 18.4 Å². The standard InChI is InChI=1S/C15H18FN3O3/c1-22-9-8-17-15(21)13-6-7-14(20)19(18-13)10-11-2-4-12(16)5-3-11/h2-5H,6-10H2,1H3,(H,17,21). The van der Waals surface area contributed by atoms with Gasteiger partial charge < -0.3 is 10.1 Å². The van der Waals surface area contributed by atoms with E-state index in [1.54, 1.807) is 19.2 Å². The van der Waals surface area contributed by atoms with E-state index in [4.69, 9.17) is 4.74 Å². The van der Waals surface area contributed by atoms with E-state index < -0.39 is 0 Å². The quantitative estimate of drug-likeness (QED) is 0.799. The predicted molar refractivity (Wildman–Crippen MR) is 78.5 cm³/mol. The number of ether oxygens (including phenoxy) is 1. The first-order chi connectivity index (χ1) is 10.6. The zero-order valence-electron chi connectivity index (χ0n) is 12.3. The molecule has 1 heterocycles. The van der Waals surface area contributed by atoms with Crippen molar-refractivity contribution in [3.63, 3.8) is 0 Å². The number of hydrazone groups is 1. The molecule has 1 aliphatic heterocycles. The van der Waals surface area contributed by atoms with Gasteiger partial charge in [0.25, 0.3) is 5.91 Å². The molecule has 0 bridgehead atoms. The van der Waals surface area contributed by atoms with E-state index in [0.29, 0.717) is 25.3 Å². The van der Waals surface area contributed by atoms with Crippen LogP contribution < -0.4 is 5.32 Å². The number of amides is 2. The summed E-state index contributed by atoms with van der Waals surface area (Å²) in [6.45, 7) is 1.02. The van der Waals surface area contributed by atoms with E-state index in [2.05, 4.69) is 10.4 Å². The Kier molecular flexibility index (Phi) is 5.60. The molecule has 22 heavy (non-hydrogen) atoms. The molecule has 2 rings (SSSR count). The number of benzene rings is 1. The maximum absolute atomic E-state index is 12.9. The van der Waals surface area contributed by atoms with Crippen LogP contribution in [0.15, 0.2) is 29.4 Å². The summed E-state index contributed by atoms with van der Waals surface area (Å²) in [5, 5.41) is 8.04. The fourth-order valence-corrected chi connectivity index (χ4v) is 2.02. The fraction of sp³-hybridized carbons (Fsp3) is 0.400. The van der Waals surface area contributed by atoms with E-state index in [9.17, 15) is 14.0 Å². The Morgan fingerprint density at radius 3 is 2.77 bits per heavy atom. The van der Waals surface area contributed by atoms with Crippen LogP contribution in [0.3, 0.4) is 0 Å². The van der Waals surface area contributed by atoms with Gasteiger partial charge >= 0.3 is 0 Å². The summed E-state index contributed by atoms with van der Waals surface area (Å²) in [6.07, 6.45) is 0.551. The molecule has 0 atom stereocenters. The molecule has 0 saturated heterocycles. The third-order valence-corrected chi connectivity index (χ3v) is 3.20. The van der Waals surface area contributed by atoms with E-state index in [-0.39, 0.29) is 30.6 Å². The van der Waals surface area contributed by atoms with Crippen LogP contribution in [0.25, 0.3) is 0 Å². The van der Waals surface area contributed by atoms with E-state index in [1.165, 1.54) is 17.1 Å². The summed E-state index contributed by atoms with van der Waals surface area (Å²) in [4.78, 5) is 23.8. The van der Waals surface area contributed by atoms with Crippen molar-refractivity contribution in [2.24, 2.45) is 5.10 Å². The molecule has 0 radical (unpaired) electrons. The second-order valence-electron chi connectivity index (χ2n) is 4.87. The van der Waals surface area contributed by atoms with Crippen LogP contribution >= 0.6 is 0 Å². The number of hydrogen-bond acceptors (Lipinski definition) is 4. The maximum atomic E-state index is 12.9. The Morgan fingerprint density at radius 1 is 1.36 bits per heavy atom. The van der Waals surface area contributed by atoms with Gasteiger partial charge in [-0.05, 0) is 17.7 Å². The van der Waals surface area contributed by atoms with Crippen molar-refractivity contribution in [3.05, 3.63) is 35.6 Å². The summed E-state index contributed by atoms with van der Waals surface area (Å²) in [6, 6.07) is 5.83. The predicted octanol–water partition coefficient (Wildman–Crippen LogP) is 1.07. The molecule has 6 nitrogen and oxygen atoms in total. The van der Waals surface area contributed by atoms with E-state index in [1.807, 2.05) is 0 Å². The Balaban J connectivity index is 2.02. The average Bonchev–Trinajstić information content (AvgIpc) is 2.52. The molecule has 0 saturated carbocycles.